The molecule has 0 fully saturated rings. The minimum Gasteiger partial charge on any atom is -0.259 e. The molecule has 3 heteroatoms. The molecule has 1 aromatic rings. The summed E-state index contributed by atoms with van der Waals surface area (Å²) in [5, 5.41) is 0. The highest BCUT2D eigenvalue weighted by molar-refractivity contribution is 14.1. The number of allylic oxidation sites excluding steroid dienone is 1. The minimum atomic E-state index is 1.07. The van der Waals surface area contributed by atoms with E-state index in [4.69, 9.17) is 0 Å². The van der Waals surface area contributed by atoms with Crippen LogP contribution in [0.2, 0.25) is 0 Å². The molecule has 0 bridgehead atoms. The third-order valence-electron chi connectivity index (χ3n) is 2.51. The van der Waals surface area contributed by atoms with Gasteiger partial charge in [-0.15, -0.1) is 0 Å². The van der Waals surface area contributed by atoms with Crippen LogP contribution in [-0.2, 0) is 6.42 Å². The number of hydrogen-bond acceptors (Lipinski definition) is 1. The van der Waals surface area contributed by atoms with Crippen molar-refractivity contribution in [3.8, 4) is 0 Å². The smallest absolute Gasteiger partial charge is 0.0487 e. The molecule has 0 aromatic carbocycles. The molecule has 1 aliphatic carbocycles. The number of nitrogens with zero attached hydrogens (tertiary/aromatic N) is 1. The van der Waals surface area contributed by atoms with Gasteiger partial charge in [-0.2, -0.15) is 0 Å². The van der Waals surface area contributed by atoms with Crippen molar-refractivity contribution >= 4 is 42.1 Å². The summed E-state index contributed by atoms with van der Waals surface area (Å²) in [6.07, 6.45) is 5.42. The van der Waals surface area contributed by atoms with Crippen LogP contribution < -0.4 is 0 Å². The number of halogens is 2. The van der Waals surface area contributed by atoms with E-state index >= 15 is 0 Å². The first-order valence-corrected chi connectivity index (χ1v) is 6.55. The van der Waals surface area contributed by atoms with Crippen molar-refractivity contribution in [2.24, 2.45) is 0 Å². The predicted octanol–water partition coefficient (Wildman–Crippen LogP) is 4.35. The SMILES string of the molecule is CC1=C(I)c2cc(Br)cnc2CCC1. The van der Waals surface area contributed by atoms with Gasteiger partial charge in [-0.3, -0.25) is 4.98 Å². The molecule has 1 nitrogen and oxygen atoms in total. The molecule has 0 saturated carbocycles. The van der Waals surface area contributed by atoms with Gasteiger partial charge >= 0.3 is 0 Å². The molecule has 0 unspecified atom stereocenters. The molecule has 1 aromatic heterocycles. The maximum atomic E-state index is 4.48. The Labute approximate surface area is 106 Å². The van der Waals surface area contributed by atoms with Crippen LogP contribution in [0.4, 0.5) is 0 Å². The number of aromatic nitrogens is 1. The van der Waals surface area contributed by atoms with E-state index in [1.54, 1.807) is 0 Å². The molecule has 0 radical (unpaired) electrons. The molecule has 0 aliphatic heterocycles. The fourth-order valence-corrected chi connectivity index (χ4v) is 2.79. The van der Waals surface area contributed by atoms with E-state index in [1.165, 1.54) is 33.3 Å². The van der Waals surface area contributed by atoms with Crippen LogP contribution in [0.25, 0.3) is 3.58 Å². The van der Waals surface area contributed by atoms with Crippen molar-refractivity contribution < 1.29 is 0 Å². The van der Waals surface area contributed by atoms with Crippen molar-refractivity contribution in [2.45, 2.75) is 26.2 Å². The summed E-state index contributed by atoms with van der Waals surface area (Å²) in [4.78, 5) is 4.48. The first kappa shape index (κ1) is 10.6. The molecule has 1 heterocycles. The van der Waals surface area contributed by atoms with Gasteiger partial charge < -0.3 is 0 Å². The van der Waals surface area contributed by atoms with Crippen LogP contribution in [0.15, 0.2) is 22.3 Å². The number of rotatable bonds is 0. The molecule has 0 atom stereocenters. The normalized spacial score (nSPS) is 16.5. The molecule has 2 rings (SSSR count). The fraction of sp³-hybridized carbons (Fsp3) is 0.364. The lowest BCUT2D eigenvalue weighted by atomic mass is 10.1. The van der Waals surface area contributed by atoms with Crippen LogP contribution in [-0.4, -0.2) is 4.98 Å². The van der Waals surface area contributed by atoms with E-state index in [-0.39, 0.29) is 0 Å². The minimum absolute atomic E-state index is 1.07. The molecular weight excluding hydrogens is 353 g/mol. The molecule has 0 saturated heterocycles. The largest absolute Gasteiger partial charge is 0.259 e. The van der Waals surface area contributed by atoms with Gasteiger partial charge in [-0.1, -0.05) is 5.57 Å². The maximum absolute atomic E-state index is 4.48. The van der Waals surface area contributed by atoms with Crippen LogP contribution in [0.5, 0.6) is 0 Å². The van der Waals surface area contributed by atoms with Crippen molar-refractivity contribution in [2.75, 3.05) is 0 Å². The topological polar surface area (TPSA) is 12.9 Å². The van der Waals surface area contributed by atoms with Crippen LogP contribution in [0.1, 0.15) is 31.0 Å². The van der Waals surface area contributed by atoms with E-state index in [2.05, 4.69) is 56.5 Å². The lowest BCUT2D eigenvalue weighted by Crippen LogP contribution is -1.93. The molecule has 74 valence electrons. The van der Waals surface area contributed by atoms with Gasteiger partial charge in [0, 0.05) is 25.5 Å². The average molecular weight is 364 g/mol. The number of pyridine rings is 1. The van der Waals surface area contributed by atoms with Crippen LogP contribution in [0.3, 0.4) is 0 Å². The van der Waals surface area contributed by atoms with Crippen molar-refractivity contribution in [1.82, 2.24) is 4.98 Å². The highest BCUT2D eigenvalue weighted by Gasteiger charge is 2.13. The van der Waals surface area contributed by atoms with Gasteiger partial charge in [0.05, 0.1) is 0 Å². The summed E-state index contributed by atoms with van der Waals surface area (Å²) < 4.78 is 2.45. The van der Waals surface area contributed by atoms with Gasteiger partial charge in [0.15, 0.2) is 0 Å². The number of aryl methyl sites for hydroxylation is 1. The molecule has 0 spiro atoms. The highest BCUT2D eigenvalue weighted by atomic mass is 127. The van der Waals surface area contributed by atoms with Crippen LogP contribution in [0, 0.1) is 0 Å². The second-order valence-corrected chi connectivity index (χ2v) is 5.59. The zero-order valence-corrected chi connectivity index (χ0v) is 11.7. The maximum Gasteiger partial charge on any atom is 0.0487 e. The molecular formula is C11H11BrIN. The van der Waals surface area contributed by atoms with Gasteiger partial charge in [0.2, 0.25) is 0 Å². The first-order valence-electron chi connectivity index (χ1n) is 4.68. The predicted molar refractivity (Wildman–Crippen MR) is 71.5 cm³/mol. The molecule has 0 N–H and O–H groups in total. The van der Waals surface area contributed by atoms with Crippen LogP contribution >= 0.6 is 38.5 Å². The zero-order valence-electron chi connectivity index (χ0n) is 7.98. The Balaban J connectivity index is 2.59. The summed E-state index contributed by atoms with van der Waals surface area (Å²) in [6.45, 7) is 2.22. The Bertz CT molecular complexity index is 398. The average Bonchev–Trinajstić information content (AvgIpc) is 2.30. The van der Waals surface area contributed by atoms with Gasteiger partial charge in [-0.25, -0.2) is 0 Å². The Morgan fingerprint density at radius 2 is 2.21 bits per heavy atom. The van der Waals surface area contributed by atoms with E-state index in [1.807, 2.05) is 6.20 Å². The third kappa shape index (κ3) is 2.03. The highest BCUT2D eigenvalue weighted by Crippen LogP contribution is 2.34. The van der Waals surface area contributed by atoms with E-state index in [0.717, 1.165) is 10.9 Å². The van der Waals surface area contributed by atoms with Crippen molar-refractivity contribution in [3.63, 3.8) is 0 Å². The zero-order chi connectivity index (χ0) is 10.1. The summed E-state index contributed by atoms with van der Waals surface area (Å²) >= 11 is 5.91. The molecule has 0 amide bonds. The second-order valence-electron chi connectivity index (χ2n) is 3.60. The quantitative estimate of drug-likeness (QED) is 0.624. The summed E-state index contributed by atoms with van der Waals surface area (Å²) in [7, 11) is 0. The number of hydrogen-bond donors (Lipinski definition) is 0. The van der Waals surface area contributed by atoms with Gasteiger partial charge in [0.25, 0.3) is 0 Å². The Morgan fingerprint density at radius 1 is 1.43 bits per heavy atom. The standard InChI is InChI=1S/C11H11BrIN/c1-7-3-2-4-10-9(11(7)13)5-8(12)6-14-10/h5-6H,2-4H2,1H3. The fourth-order valence-electron chi connectivity index (χ4n) is 1.72. The lowest BCUT2D eigenvalue weighted by molar-refractivity contribution is 0.803. The lowest BCUT2D eigenvalue weighted by Gasteiger charge is -2.06. The van der Waals surface area contributed by atoms with E-state index in [9.17, 15) is 0 Å². The second kappa shape index (κ2) is 4.31. The molecule has 1 aliphatic rings. The summed E-state index contributed by atoms with van der Waals surface area (Å²) in [5.74, 6) is 0. The van der Waals surface area contributed by atoms with Crippen molar-refractivity contribution in [1.29, 1.82) is 0 Å². The Morgan fingerprint density at radius 3 is 3.00 bits per heavy atom. The number of fused-ring (bicyclic) bond motifs is 1. The van der Waals surface area contributed by atoms with Crippen molar-refractivity contribution in [3.05, 3.63) is 33.6 Å². The summed E-state index contributed by atoms with van der Waals surface area (Å²) in [5.41, 5.74) is 4.05. The monoisotopic (exact) mass is 363 g/mol. The summed E-state index contributed by atoms with van der Waals surface area (Å²) in [6, 6.07) is 2.18. The van der Waals surface area contributed by atoms with E-state index < -0.39 is 0 Å². The third-order valence-corrected chi connectivity index (χ3v) is 4.45. The van der Waals surface area contributed by atoms with Gasteiger partial charge in [0.1, 0.15) is 0 Å². The molecule has 14 heavy (non-hydrogen) atoms. The Kier molecular flexibility index (Phi) is 3.27. The van der Waals surface area contributed by atoms with E-state index in [0.29, 0.717) is 0 Å². The van der Waals surface area contributed by atoms with Gasteiger partial charge in [-0.05, 0) is 70.8 Å². The first-order chi connectivity index (χ1) is 6.68. The Hall–Kier alpha value is 0.1000.